The largest absolute Gasteiger partial charge is 0.354 e. The topological polar surface area (TPSA) is 91.4 Å². The molecule has 2 rings (SSSR count). The number of hydrogen-bond acceptors (Lipinski definition) is 5. The highest BCUT2D eigenvalue weighted by molar-refractivity contribution is 7.13. The summed E-state index contributed by atoms with van der Waals surface area (Å²) < 4.78 is 0. The number of benzene rings is 1. The summed E-state index contributed by atoms with van der Waals surface area (Å²) in [4.78, 5) is 43.1. The maximum absolute atomic E-state index is 12.9. The van der Waals surface area contributed by atoms with E-state index in [1.807, 2.05) is 46.8 Å². The molecule has 1 aromatic carbocycles. The molecule has 2 N–H and O–H groups in total. The number of thiazole rings is 1. The smallest absolute Gasteiger partial charge is 0.254 e. The van der Waals surface area contributed by atoms with Crippen LogP contribution in [0.5, 0.6) is 0 Å². The molecule has 30 heavy (non-hydrogen) atoms. The van der Waals surface area contributed by atoms with Crippen LogP contribution in [0.2, 0.25) is 0 Å². The molecule has 8 heteroatoms. The molecule has 0 aliphatic carbocycles. The minimum Gasteiger partial charge on any atom is -0.354 e. The van der Waals surface area contributed by atoms with Gasteiger partial charge in [0.1, 0.15) is 6.54 Å². The van der Waals surface area contributed by atoms with Gasteiger partial charge in [0, 0.05) is 23.5 Å². The highest BCUT2D eigenvalue weighted by atomic mass is 32.1. The Morgan fingerprint density at radius 3 is 2.33 bits per heavy atom. The van der Waals surface area contributed by atoms with Gasteiger partial charge < -0.3 is 15.5 Å². The SMILES string of the molecule is Cc1ccc(C(=O)N(CC(=O)Nc2nc(CC(=O)NC(C)C)cs2)CC(C)C)cc1. The van der Waals surface area contributed by atoms with Crippen molar-refractivity contribution in [3.05, 3.63) is 46.5 Å². The van der Waals surface area contributed by atoms with Crippen molar-refractivity contribution >= 4 is 34.2 Å². The quantitative estimate of drug-likeness (QED) is 0.639. The molecule has 0 bridgehead atoms. The zero-order valence-corrected chi connectivity index (χ0v) is 19.0. The molecule has 0 saturated carbocycles. The molecule has 0 fully saturated rings. The minimum atomic E-state index is -0.316. The van der Waals surface area contributed by atoms with Crippen LogP contribution in [0.3, 0.4) is 0 Å². The van der Waals surface area contributed by atoms with Crippen LogP contribution in [0.25, 0.3) is 0 Å². The molecule has 162 valence electrons. The summed E-state index contributed by atoms with van der Waals surface area (Å²) in [7, 11) is 0. The summed E-state index contributed by atoms with van der Waals surface area (Å²) in [6, 6.07) is 7.38. The van der Waals surface area contributed by atoms with E-state index in [-0.39, 0.29) is 42.6 Å². The number of anilines is 1. The Morgan fingerprint density at radius 1 is 1.07 bits per heavy atom. The summed E-state index contributed by atoms with van der Waals surface area (Å²) in [5, 5.41) is 7.71. The Hall–Kier alpha value is -2.74. The van der Waals surface area contributed by atoms with Crippen molar-refractivity contribution in [1.29, 1.82) is 0 Å². The number of nitrogens with zero attached hydrogens (tertiary/aromatic N) is 2. The van der Waals surface area contributed by atoms with Gasteiger partial charge in [-0.3, -0.25) is 14.4 Å². The Bertz CT molecular complexity index is 875. The first-order chi connectivity index (χ1) is 14.1. The average Bonchev–Trinajstić information content (AvgIpc) is 3.06. The van der Waals surface area contributed by atoms with Gasteiger partial charge >= 0.3 is 0 Å². The summed E-state index contributed by atoms with van der Waals surface area (Å²) >= 11 is 1.26. The van der Waals surface area contributed by atoms with Gasteiger partial charge in [-0.1, -0.05) is 31.5 Å². The van der Waals surface area contributed by atoms with Gasteiger partial charge in [-0.25, -0.2) is 4.98 Å². The van der Waals surface area contributed by atoms with E-state index in [0.717, 1.165) is 5.56 Å². The van der Waals surface area contributed by atoms with E-state index < -0.39 is 0 Å². The predicted octanol–water partition coefficient (Wildman–Crippen LogP) is 3.26. The zero-order valence-electron chi connectivity index (χ0n) is 18.2. The molecule has 1 aromatic heterocycles. The van der Waals surface area contributed by atoms with Gasteiger partial charge in [-0.15, -0.1) is 11.3 Å². The van der Waals surface area contributed by atoms with Crippen LogP contribution in [0, 0.1) is 12.8 Å². The van der Waals surface area contributed by atoms with Crippen LogP contribution in [-0.2, 0) is 16.0 Å². The summed E-state index contributed by atoms with van der Waals surface area (Å²) in [5.74, 6) is -0.384. The van der Waals surface area contributed by atoms with E-state index in [9.17, 15) is 14.4 Å². The summed E-state index contributed by atoms with van der Waals surface area (Å²) in [6.45, 7) is 10.2. The normalized spacial score (nSPS) is 10.9. The van der Waals surface area contributed by atoms with Crippen molar-refractivity contribution < 1.29 is 14.4 Å². The van der Waals surface area contributed by atoms with Gasteiger partial charge in [0.15, 0.2) is 5.13 Å². The van der Waals surface area contributed by atoms with Crippen molar-refractivity contribution in [3.8, 4) is 0 Å². The van der Waals surface area contributed by atoms with E-state index in [1.165, 1.54) is 11.3 Å². The average molecular weight is 431 g/mol. The van der Waals surface area contributed by atoms with Crippen LogP contribution in [0.4, 0.5) is 5.13 Å². The van der Waals surface area contributed by atoms with Gasteiger partial charge in [-0.2, -0.15) is 0 Å². The van der Waals surface area contributed by atoms with Crippen LogP contribution >= 0.6 is 11.3 Å². The van der Waals surface area contributed by atoms with Crippen molar-refractivity contribution in [1.82, 2.24) is 15.2 Å². The van der Waals surface area contributed by atoms with E-state index in [4.69, 9.17) is 0 Å². The monoisotopic (exact) mass is 430 g/mol. The molecule has 0 atom stereocenters. The van der Waals surface area contributed by atoms with Gasteiger partial charge in [0.2, 0.25) is 11.8 Å². The second kappa shape index (κ2) is 10.9. The lowest BCUT2D eigenvalue weighted by atomic mass is 10.1. The lowest BCUT2D eigenvalue weighted by molar-refractivity contribution is -0.121. The molecular weight excluding hydrogens is 400 g/mol. The fraction of sp³-hybridized carbons (Fsp3) is 0.455. The Balaban J connectivity index is 2.00. The van der Waals surface area contributed by atoms with Crippen LogP contribution in [0.1, 0.15) is 49.3 Å². The molecule has 3 amide bonds. The van der Waals surface area contributed by atoms with Gasteiger partial charge in [-0.05, 0) is 38.8 Å². The molecule has 0 unspecified atom stereocenters. The van der Waals surface area contributed by atoms with E-state index >= 15 is 0 Å². The molecule has 0 radical (unpaired) electrons. The first-order valence-electron chi connectivity index (χ1n) is 10.0. The molecule has 7 nitrogen and oxygen atoms in total. The predicted molar refractivity (Wildman–Crippen MR) is 120 cm³/mol. The van der Waals surface area contributed by atoms with Gasteiger partial charge in [0.05, 0.1) is 12.1 Å². The molecule has 1 heterocycles. The first kappa shape index (κ1) is 23.5. The molecular formula is C22H30N4O3S. The summed E-state index contributed by atoms with van der Waals surface area (Å²) in [6.07, 6.45) is 0.163. The number of aromatic nitrogens is 1. The number of rotatable bonds is 9. The molecule has 0 saturated heterocycles. The molecule has 0 spiro atoms. The third-order valence-electron chi connectivity index (χ3n) is 4.10. The number of nitrogens with one attached hydrogen (secondary N) is 2. The fourth-order valence-corrected chi connectivity index (χ4v) is 3.58. The lowest BCUT2D eigenvalue weighted by Gasteiger charge is -2.24. The molecule has 0 aliphatic rings. The maximum atomic E-state index is 12.9. The fourth-order valence-electron chi connectivity index (χ4n) is 2.85. The number of amides is 3. The zero-order chi connectivity index (χ0) is 22.3. The Labute approximate surface area is 181 Å². The second-order valence-electron chi connectivity index (χ2n) is 8.04. The number of hydrogen-bond donors (Lipinski definition) is 2. The van der Waals surface area contributed by atoms with Crippen molar-refractivity contribution in [2.45, 2.75) is 47.1 Å². The van der Waals surface area contributed by atoms with Gasteiger partial charge in [0.25, 0.3) is 5.91 Å². The molecule has 2 aromatic rings. The number of carbonyl (C=O) groups is 3. The number of carbonyl (C=O) groups excluding carboxylic acids is 3. The lowest BCUT2D eigenvalue weighted by Crippen LogP contribution is -2.40. The third-order valence-corrected chi connectivity index (χ3v) is 4.90. The highest BCUT2D eigenvalue weighted by Crippen LogP contribution is 2.16. The second-order valence-corrected chi connectivity index (χ2v) is 8.89. The van der Waals surface area contributed by atoms with Crippen molar-refractivity contribution in [3.63, 3.8) is 0 Å². The minimum absolute atomic E-state index is 0.0619. The molecule has 0 aliphatic heterocycles. The third kappa shape index (κ3) is 7.59. The Kier molecular flexibility index (Phi) is 8.53. The maximum Gasteiger partial charge on any atom is 0.254 e. The van der Waals surface area contributed by atoms with E-state index in [1.54, 1.807) is 22.4 Å². The van der Waals surface area contributed by atoms with Crippen LogP contribution in [0.15, 0.2) is 29.6 Å². The van der Waals surface area contributed by atoms with Crippen LogP contribution in [-0.4, -0.2) is 46.7 Å². The van der Waals surface area contributed by atoms with Crippen molar-refractivity contribution in [2.24, 2.45) is 5.92 Å². The highest BCUT2D eigenvalue weighted by Gasteiger charge is 2.20. The van der Waals surface area contributed by atoms with Crippen molar-refractivity contribution in [2.75, 3.05) is 18.4 Å². The Morgan fingerprint density at radius 2 is 1.73 bits per heavy atom. The standard InChI is InChI=1S/C22H30N4O3S/c1-14(2)11-26(21(29)17-8-6-16(5)7-9-17)12-20(28)25-22-24-18(13-30-22)10-19(27)23-15(3)4/h6-9,13-15H,10-12H2,1-5H3,(H,23,27)(H,24,25,28). The number of aryl methyl sites for hydroxylation is 1. The van der Waals surface area contributed by atoms with E-state index in [2.05, 4.69) is 15.6 Å². The van der Waals surface area contributed by atoms with Crippen LogP contribution < -0.4 is 10.6 Å². The first-order valence-corrected chi connectivity index (χ1v) is 10.9. The van der Waals surface area contributed by atoms with E-state index in [0.29, 0.717) is 22.9 Å². The summed E-state index contributed by atoms with van der Waals surface area (Å²) in [5.41, 5.74) is 2.23.